The van der Waals surface area contributed by atoms with Gasteiger partial charge in [0.15, 0.2) is 0 Å². The van der Waals surface area contributed by atoms with E-state index in [0.29, 0.717) is 10.6 Å². The molecule has 2 aromatic rings. The summed E-state index contributed by atoms with van der Waals surface area (Å²) in [6.45, 7) is 1.64. The van der Waals surface area contributed by atoms with Gasteiger partial charge in [-0.15, -0.1) is 11.3 Å². The van der Waals surface area contributed by atoms with Crippen molar-refractivity contribution < 1.29 is 10.2 Å². The molecule has 0 saturated heterocycles. The van der Waals surface area contributed by atoms with Gasteiger partial charge >= 0.3 is 0 Å². The Morgan fingerprint density at radius 2 is 2.06 bits per heavy atom. The molecule has 0 bridgehead atoms. The highest BCUT2D eigenvalue weighted by Gasteiger charge is 2.29. The number of thiophene rings is 1. The van der Waals surface area contributed by atoms with E-state index in [-0.39, 0.29) is 5.75 Å². The molecule has 2 rings (SSSR count). The van der Waals surface area contributed by atoms with Gasteiger partial charge in [0.2, 0.25) is 0 Å². The summed E-state index contributed by atoms with van der Waals surface area (Å²) in [7, 11) is 0. The molecular formula is C12H11ClO2S. The summed E-state index contributed by atoms with van der Waals surface area (Å²) in [6.07, 6.45) is 0. The minimum Gasteiger partial charge on any atom is -0.508 e. The molecule has 1 aromatic carbocycles. The fourth-order valence-corrected chi connectivity index (χ4v) is 2.56. The maximum absolute atomic E-state index is 10.4. The van der Waals surface area contributed by atoms with Crippen LogP contribution in [-0.4, -0.2) is 10.2 Å². The number of halogens is 1. The lowest BCUT2D eigenvalue weighted by Crippen LogP contribution is -2.21. The van der Waals surface area contributed by atoms with Crippen molar-refractivity contribution in [3.63, 3.8) is 0 Å². The summed E-state index contributed by atoms with van der Waals surface area (Å²) in [5.41, 5.74) is -0.800. The van der Waals surface area contributed by atoms with Gasteiger partial charge in [0, 0.05) is 15.5 Å². The molecule has 1 heterocycles. The topological polar surface area (TPSA) is 40.5 Å². The fraction of sp³-hybridized carbons (Fsp3) is 0.167. The molecule has 2 nitrogen and oxygen atoms in total. The maximum atomic E-state index is 10.4. The van der Waals surface area contributed by atoms with Crippen LogP contribution in [0.2, 0.25) is 5.02 Å². The first kappa shape index (κ1) is 11.5. The van der Waals surface area contributed by atoms with Gasteiger partial charge in [-0.2, -0.15) is 0 Å². The van der Waals surface area contributed by atoms with Crippen LogP contribution >= 0.6 is 22.9 Å². The molecule has 0 radical (unpaired) electrons. The SMILES string of the molecule is CC(O)(c1cccs1)c1cc(Cl)ccc1O. The van der Waals surface area contributed by atoms with E-state index in [0.717, 1.165) is 4.88 Å². The second-order valence-corrected chi connectivity index (χ2v) is 5.10. The predicted molar refractivity (Wildman–Crippen MR) is 66.1 cm³/mol. The van der Waals surface area contributed by atoms with E-state index in [2.05, 4.69) is 0 Å². The van der Waals surface area contributed by atoms with E-state index < -0.39 is 5.60 Å². The number of phenolic OH excluding ortho intramolecular Hbond substituents is 1. The molecule has 16 heavy (non-hydrogen) atoms. The van der Waals surface area contributed by atoms with E-state index in [9.17, 15) is 10.2 Å². The Balaban J connectivity index is 2.55. The fourth-order valence-electron chi connectivity index (χ4n) is 1.59. The van der Waals surface area contributed by atoms with E-state index in [1.165, 1.54) is 17.4 Å². The molecule has 0 spiro atoms. The summed E-state index contributed by atoms with van der Waals surface area (Å²) < 4.78 is 0. The number of hydrogen-bond donors (Lipinski definition) is 2. The Labute approximate surface area is 103 Å². The van der Waals surface area contributed by atoms with Crippen molar-refractivity contribution in [2.45, 2.75) is 12.5 Å². The van der Waals surface area contributed by atoms with Crippen molar-refractivity contribution in [3.05, 3.63) is 51.2 Å². The second kappa shape index (κ2) is 4.09. The average Bonchev–Trinajstić information content (AvgIpc) is 2.75. The molecule has 2 N–H and O–H groups in total. The average molecular weight is 255 g/mol. The summed E-state index contributed by atoms with van der Waals surface area (Å²) in [5.74, 6) is 0.0443. The van der Waals surface area contributed by atoms with Crippen LogP contribution in [0.1, 0.15) is 17.4 Å². The zero-order chi connectivity index (χ0) is 11.8. The number of hydrogen-bond acceptors (Lipinski definition) is 3. The zero-order valence-electron chi connectivity index (χ0n) is 8.64. The molecular weight excluding hydrogens is 244 g/mol. The van der Waals surface area contributed by atoms with E-state index in [4.69, 9.17) is 11.6 Å². The van der Waals surface area contributed by atoms with Crippen LogP contribution in [0, 0.1) is 0 Å². The molecule has 0 fully saturated rings. The van der Waals surface area contributed by atoms with Crippen LogP contribution in [0.5, 0.6) is 5.75 Å². The number of aliphatic hydroxyl groups is 1. The number of phenols is 1. The molecule has 1 aromatic heterocycles. The van der Waals surface area contributed by atoms with Crippen LogP contribution in [0.4, 0.5) is 0 Å². The first-order valence-electron chi connectivity index (χ1n) is 4.77. The van der Waals surface area contributed by atoms with Crippen molar-refractivity contribution in [2.75, 3.05) is 0 Å². The minimum absolute atomic E-state index is 0.0443. The monoisotopic (exact) mass is 254 g/mol. The van der Waals surface area contributed by atoms with Crippen molar-refractivity contribution in [1.29, 1.82) is 0 Å². The lowest BCUT2D eigenvalue weighted by molar-refractivity contribution is 0.103. The Hall–Kier alpha value is -1.03. The Morgan fingerprint density at radius 1 is 1.31 bits per heavy atom. The molecule has 0 saturated carbocycles. The zero-order valence-corrected chi connectivity index (χ0v) is 10.2. The van der Waals surface area contributed by atoms with Crippen molar-refractivity contribution in [3.8, 4) is 5.75 Å². The molecule has 84 valence electrons. The van der Waals surface area contributed by atoms with E-state index in [1.54, 1.807) is 19.1 Å². The van der Waals surface area contributed by atoms with Gasteiger partial charge in [-0.05, 0) is 36.6 Å². The first-order chi connectivity index (χ1) is 7.51. The van der Waals surface area contributed by atoms with Crippen LogP contribution < -0.4 is 0 Å². The standard InChI is InChI=1S/C12H11ClO2S/c1-12(15,11-3-2-6-16-11)9-7-8(13)4-5-10(9)14/h2-7,14-15H,1H3. The summed E-state index contributed by atoms with van der Waals surface area (Å²) >= 11 is 7.30. The number of rotatable bonds is 2. The molecule has 1 atom stereocenters. The van der Waals surface area contributed by atoms with Gasteiger partial charge in [0.1, 0.15) is 11.4 Å². The predicted octanol–water partition coefficient (Wildman–Crippen LogP) is 3.36. The third kappa shape index (κ3) is 1.94. The molecule has 0 aliphatic heterocycles. The van der Waals surface area contributed by atoms with Crippen molar-refractivity contribution in [2.24, 2.45) is 0 Å². The first-order valence-corrected chi connectivity index (χ1v) is 6.03. The van der Waals surface area contributed by atoms with Gasteiger partial charge in [-0.1, -0.05) is 17.7 Å². The quantitative estimate of drug-likeness (QED) is 0.863. The third-order valence-corrected chi connectivity index (χ3v) is 3.80. The van der Waals surface area contributed by atoms with Crippen LogP contribution in [0.3, 0.4) is 0 Å². The third-order valence-electron chi connectivity index (χ3n) is 2.48. The van der Waals surface area contributed by atoms with Gasteiger partial charge in [-0.3, -0.25) is 0 Å². The normalized spacial score (nSPS) is 14.7. The largest absolute Gasteiger partial charge is 0.508 e. The molecule has 1 unspecified atom stereocenters. The molecule has 0 aliphatic carbocycles. The molecule has 0 aliphatic rings. The molecule has 0 amide bonds. The Bertz CT molecular complexity index is 492. The highest BCUT2D eigenvalue weighted by molar-refractivity contribution is 7.10. The maximum Gasteiger partial charge on any atom is 0.124 e. The van der Waals surface area contributed by atoms with E-state index >= 15 is 0 Å². The minimum atomic E-state index is -1.22. The summed E-state index contributed by atoms with van der Waals surface area (Å²) in [6, 6.07) is 8.34. The number of aromatic hydroxyl groups is 1. The van der Waals surface area contributed by atoms with Crippen molar-refractivity contribution in [1.82, 2.24) is 0 Å². The van der Waals surface area contributed by atoms with Gasteiger partial charge in [0.25, 0.3) is 0 Å². The molecule has 4 heteroatoms. The van der Waals surface area contributed by atoms with Crippen LogP contribution in [-0.2, 0) is 5.60 Å². The van der Waals surface area contributed by atoms with E-state index in [1.807, 2.05) is 17.5 Å². The highest BCUT2D eigenvalue weighted by atomic mass is 35.5. The lowest BCUT2D eigenvalue weighted by atomic mass is 9.93. The van der Waals surface area contributed by atoms with Gasteiger partial charge in [0.05, 0.1) is 0 Å². The van der Waals surface area contributed by atoms with Crippen LogP contribution in [0.15, 0.2) is 35.7 Å². The summed E-state index contributed by atoms with van der Waals surface area (Å²) in [4.78, 5) is 0.769. The van der Waals surface area contributed by atoms with Crippen molar-refractivity contribution >= 4 is 22.9 Å². The number of benzene rings is 1. The van der Waals surface area contributed by atoms with Crippen LogP contribution in [0.25, 0.3) is 0 Å². The smallest absolute Gasteiger partial charge is 0.124 e. The highest BCUT2D eigenvalue weighted by Crippen LogP contribution is 2.38. The second-order valence-electron chi connectivity index (χ2n) is 3.71. The van der Waals surface area contributed by atoms with Gasteiger partial charge < -0.3 is 10.2 Å². The summed E-state index contributed by atoms with van der Waals surface area (Å²) in [5, 5.41) is 22.6. The Kier molecular flexibility index (Phi) is 2.93. The lowest BCUT2D eigenvalue weighted by Gasteiger charge is -2.23. The van der Waals surface area contributed by atoms with Gasteiger partial charge in [-0.25, -0.2) is 0 Å². The Morgan fingerprint density at radius 3 is 2.69 bits per heavy atom.